The van der Waals surface area contributed by atoms with Crippen molar-refractivity contribution in [2.75, 3.05) is 7.05 Å². The molecule has 2 aromatic carbocycles. The molecule has 1 aliphatic heterocycles. The van der Waals surface area contributed by atoms with Crippen LogP contribution in [0.2, 0.25) is 0 Å². The van der Waals surface area contributed by atoms with E-state index in [1.165, 1.54) is 12.6 Å². The second-order valence-electron chi connectivity index (χ2n) is 8.27. The Morgan fingerprint density at radius 2 is 1.66 bits per heavy atom. The molecule has 5 nitrogen and oxygen atoms in total. The molecule has 0 radical (unpaired) electrons. The third-order valence-electron chi connectivity index (χ3n) is 6.64. The Morgan fingerprint density at radius 3 is 2.24 bits per heavy atom. The molecule has 0 aliphatic carbocycles. The van der Waals surface area contributed by atoms with Crippen molar-refractivity contribution in [1.29, 1.82) is 0 Å². The average Bonchev–Trinajstić information content (AvgIpc) is 3.02. The van der Waals surface area contributed by atoms with Gasteiger partial charge in [-0.3, -0.25) is 14.8 Å². The van der Waals surface area contributed by atoms with E-state index < -0.39 is 11.9 Å². The number of carbonyl (C=O) groups excluding carboxylic acids is 2. The van der Waals surface area contributed by atoms with Gasteiger partial charge in [0.2, 0.25) is 5.91 Å². The number of amides is 2. The molecule has 29 heavy (non-hydrogen) atoms. The number of hydrogen-bond acceptors (Lipinski definition) is 3. The van der Waals surface area contributed by atoms with Crippen molar-refractivity contribution >= 4 is 11.8 Å². The van der Waals surface area contributed by atoms with E-state index >= 15 is 0 Å². The summed E-state index contributed by atoms with van der Waals surface area (Å²) in [6, 6.07) is 5.60. The van der Waals surface area contributed by atoms with Crippen LogP contribution in [0.3, 0.4) is 0 Å². The van der Waals surface area contributed by atoms with Crippen molar-refractivity contribution in [3.8, 4) is 0 Å². The van der Waals surface area contributed by atoms with E-state index in [4.69, 9.17) is 0 Å². The summed E-state index contributed by atoms with van der Waals surface area (Å²) in [7, 11) is 1.32. The van der Waals surface area contributed by atoms with Crippen molar-refractivity contribution in [1.82, 2.24) is 9.96 Å². The Hall–Kier alpha value is -2.66. The number of fused-ring (bicyclic) bond motifs is 1. The molecular weight excluding hydrogens is 364 g/mol. The van der Waals surface area contributed by atoms with E-state index in [1.807, 2.05) is 39.0 Å². The second kappa shape index (κ2) is 7.64. The van der Waals surface area contributed by atoms with Crippen molar-refractivity contribution in [2.45, 2.75) is 60.5 Å². The van der Waals surface area contributed by atoms with Gasteiger partial charge in [-0.2, -0.15) is 0 Å². The normalized spacial score (nSPS) is 14.2. The Bertz CT molecular complexity index is 1010. The van der Waals surface area contributed by atoms with Crippen LogP contribution in [0.1, 0.15) is 67.3 Å². The van der Waals surface area contributed by atoms with Gasteiger partial charge in [0.25, 0.3) is 5.91 Å². The van der Waals surface area contributed by atoms with Gasteiger partial charge >= 0.3 is 0 Å². The van der Waals surface area contributed by atoms with E-state index in [2.05, 4.69) is 20.8 Å². The third-order valence-corrected chi connectivity index (χ3v) is 6.64. The minimum atomic E-state index is -0.435. The molecule has 1 N–H and O–H groups in total. The quantitative estimate of drug-likeness (QED) is 0.615. The first kappa shape index (κ1) is 21.1. The molecule has 2 amide bonds. The molecule has 0 aromatic heterocycles. The highest BCUT2D eigenvalue weighted by atomic mass is 16.5. The van der Waals surface area contributed by atoms with Gasteiger partial charge in [-0.05, 0) is 86.1 Å². The molecule has 1 atom stereocenters. The topological polar surface area (TPSA) is 60.9 Å². The molecule has 1 unspecified atom stereocenters. The number of nitrogens with zero attached hydrogens (tertiary/aromatic N) is 2. The summed E-state index contributed by atoms with van der Waals surface area (Å²) in [5, 5.41) is 10.2. The largest absolute Gasteiger partial charge is 0.327 e. The average molecular weight is 395 g/mol. The summed E-state index contributed by atoms with van der Waals surface area (Å²) in [5.41, 5.74) is 9.51. The van der Waals surface area contributed by atoms with Crippen molar-refractivity contribution in [3.05, 3.63) is 68.3 Å². The number of hydrogen-bond donors (Lipinski definition) is 1. The van der Waals surface area contributed by atoms with Crippen LogP contribution in [0, 0.1) is 41.5 Å². The summed E-state index contributed by atoms with van der Waals surface area (Å²) in [4.78, 5) is 27.7. The predicted octanol–water partition coefficient (Wildman–Crippen LogP) is 4.47. The molecule has 154 valence electrons. The van der Waals surface area contributed by atoms with E-state index in [9.17, 15) is 14.8 Å². The first-order valence-corrected chi connectivity index (χ1v) is 9.97. The van der Waals surface area contributed by atoms with Gasteiger partial charge < -0.3 is 4.90 Å². The molecule has 0 saturated carbocycles. The Labute approximate surface area is 172 Å². The van der Waals surface area contributed by atoms with Gasteiger partial charge in [0.15, 0.2) is 0 Å². The molecule has 1 aliphatic rings. The highest BCUT2D eigenvalue weighted by Crippen LogP contribution is 2.39. The van der Waals surface area contributed by atoms with Gasteiger partial charge in [-0.25, -0.2) is 5.06 Å². The number of hydroxylamine groups is 2. The first-order valence-electron chi connectivity index (χ1n) is 9.97. The Balaban J connectivity index is 2.10. The summed E-state index contributed by atoms with van der Waals surface area (Å²) < 4.78 is 0. The van der Waals surface area contributed by atoms with Crippen molar-refractivity contribution in [2.24, 2.45) is 0 Å². The molecule has 0 spiro atoms. The fourth-order valence-electron chi connectivity index (χ4n) is 4.19. The summed E-state index contributed by atoms with van der Waals surface area (Å²) in [6.07, 6.45) is 0.0330. The first-order chi connectivity index (χ1) is 13.5. The van der Waals surface area contributed by atoms with Gasteiger partial charge in [0, 0.05) is 19.2 Å². The number of rotatable bonds is 4. The lowest BCUT2D eigenvalue weighted by atomic mass is 9.90. The standard InChI is InChI=1S/C24H30N2O3/c1-13-8-9-19(10-14(13)2)21(11-22(27)25(7)29)26-12-20-17(5)15(3)16(4)18(6)23(20)24(26)28/h8-10,21,29H,11-12H2,1-7H3. The molecule has 1 heterocycles. The zero-order valence-electron chi connectivity index (χ0n) is 18.4. The van der Waals surface area contributed by atoms with E-state index in [1.54, 1.807) is 4.90 Å². The van der Waals surface area contributed by atoms with Gasteiger partial charge in [-0.15, -0.1) is 0 Å². The lowest BCUT2D eigenvalue weighted by molar-refractivity contribution is -0.160. The Kier molecular flexibility index (Phi) is 5.54. The summed E-state index contributed by atoms with van der Waals surface area (Å²) in [6.45, 7) is 12.7. The minimum Gasteiger partial charge on any atom is -0.327 e. The van der Waals surface area contributed by atoms with Crippen LogP contribution in [0.4, 0.5) is 0 Å². The van der Waals surface area contributed by atoms with Crippen molar-refractivity contribution in [3.63, 3.8) is 0 Å². The molecule has 0 saturated heterocycles. The van der Waals surface area contributed by atoms with E-state index in [0.29, 0.717) is 11.6 Å². The van der Waals surface area contributed by atoms with Crippen LogP contribution >= 0.6 is 0 Å². The zero-order valence-corrected chi connectivity index (χ0v) is 18.4. The van der Waals surface area contributed by atoms with Crippen LogP contribution in [0.25, 0.3) is 0 Å². The molecule has 2 aromatic rings. The summed E-state index contributed by atoms with van der Waals surface area (Å²) in [5.74, 6) is -0.460. The fourth-order valence-corrected chi connectivity index (χ4v) is 4.19. The number of aryl methyl sites for hydroxylation is 2. The monoisotopic (exact) mass is 394 g/mol. The van der Waals surface area contributed by atoms with Crippen LogP contribution in [-0.2, 0) is 11.3 Å². The van der Waals surface area contributed by atoms with Crippen LogP contribution in [0.5, 0.6) is 0 Å². The molecule has 0 bridgehead atoms. The lowest BCUT2D eigenvalue weighted by Crippen LogP contribution is -2.34. The lowest BCUT2D eigenvalue weighted by Gasteiger charge is -2.29. The van der Waals surface area contributed by atoms with Gasteiger partial charge in [0.05, 0.1) is 12.5 Å². The predicted molar refractivity (Wildman–Crippen MR) is 113 cm³/mol. The summed E-state index contributed by atoms with van der Waals surface area (Å²) >= 11 is 0. The molecule has 0 fully saturated rings. The van der Waals surface area contributed by atoms with Crippen LogP contribution < -0.4 is 0 Å². The van der Waals surface area contributed by atoms with Gasteiger partial charge in [0.1, 0.15) is 0 Å². The maximum absolute atomic E-state index is 13.5. The number of benzene rings is 2. The minimum absolute atomic E-state index is 0.0330. The number of carbonyl (C=O) groups is 2. The fraction of sp³-hybridized carbons (Fsp3) is 0.417. The van der Waals surface area contributed by atoms with Gasteiger partial charge in [-0.1, -0.05) is 18.2 Å². The maximum atomic E-state index is 13.5. The smallest absolute Gasteiger partial charge is 0.255 e. The van der Waals surface area contributed by atoms with E-state index in [-0.39, 0.29) is 12.3 Å². The van der Waals surface area contributed by atoms with Crippen molar-refractivity contribution < 1.29 is 14.8 Å². The molecule has 5 heteroatoms. The zero-order chi connectivity index (χ0) is 21.6. The third kappa shape index (κ3) is 3.55. The maximum Gasteiger partial charge on any atom is 0.255 e. The van der Waals surface area contributed by atoms with E-state index in [0.717, 1.165) is 44.5 Å². The second-order valence-corrected chi connectivity index (χ2v) is 8.27. The van der Waals surface area contributed by atoms with Crippen LogP contribution in [0.15, 0.2) is 18.2 Å². The SMILES string of the molecule is Cc1ccc(C(CC(=O)N(C)O)N2Cc3c(C)c(C)c(C)c(C)c3C2=O)cc1C. The molecular formula is C24H30N2O3. The highest BCUT2D eigenvalue weighted by molar-refractivity contribution is 6.01. The van der Waals surface area contributed by atoms with Crippen LogP contribution in [-0.4, -0.2) is 34.0 Å². The Morgan fingerprint density at radius 1 is 1.03 bits per heavy atom. The highest BCUT2D eigenvalue weighted by Gasteiger charge is 2.37. The molecule has 3 rings (SSSR count).